The average molecular weight is 547 g/mol. The van der Waals surface area contributed by atoms with Gasteiger partial charge in [-0.2, -0.15) is 13.2 Å². The Morgan fingerprint density at radius 3 is 0.757 bits per heavy atom. The van der Waals surface area contributed by atoms with Crippen LogP contribution in [0.15, 0.2) is 0 Å². The Morgan fingerprint density at radius 2 is 0.730 bits per heavy atom. The molecule has 4 N–H and O–H groups in total. The maximum absolute atomic E-state index is 12.1. The van der Waals surface area contributed by atoms with Gasteiger partial charge in [-0.05, 0) is 82.0 Å². The lowest BCUT2D eigenvalue weighted by Gasteiger charge is -2.32. The fourth-order valence-electron chi connectivity index (χ4n) is 4.20. The summed E-state index contributed by atoms with van der Waals surface area (Å²) in [6.07, 6.45) is -2.53. The molecule has 0 amide bonds. The van der Waals surface area contributed by atoms with Crippen molar-refractivity contribution in [1.29, 1.82) is 0 Å². The lowest BCUT2D eigenvalue weighted by atomic mass is 9.82. The number of halogens is 3. The Kier molecular flexibility index (Phi) is 18.9. The van der Waals surface area contributed by atoms with Gasteiger partial charge in [0.05, 0.1) is 17.8 Å². The molecule has 0 rings (SSSR count). The number of alkyl halides is 3. The molecule has 0 aromatic heterocycles. The van der Waals surface area contributed by atoms with Crippen molar-refractivity contribution in [1.82, 2.24) is 0 Å². The number of aliphatic hydroxyl groups is 4. The Hall–Kier alpha value is -0.370. The highest BCUT2D eigenvalue weighted by Crippen LogP contribution is 2.38. The third-order valence-corrected chi connectivity index (χ3v) is 4.26. The molecule has 37 heavy (non-hydrogen) atoms. The summed E-state index contributed by atoms with van der Waals surface area (Å²) in [5, 5.41) is 36.2. The second kappa shape index (κ2) is 16.0. The average Bonchev–Trinajstić information content (AvgIpc) is 2.34. The molecule has 0 aliphatic rings. The lowest BCUT2D eigenvalue weighted by molar-refractivity contribution is -0.261. The SMILES string of the molecule is CC(C)(C)CC(C)(C)O.CC(C)(C)CC(C)(O)C(F)(F)F.C[C@@H](O)CC(C)(C)C.C[C@H](O)CC(C)(C)C. The highest BCUT2D eigenvalue weighted by atomic mass is 19.4. The minimum atomic E-state index is -4.54. The van der Waals surface area contributed by atoms with Crippen LogP contribution in [-0.4, -0.2) is 50.0 Å². The van der Waals surface area contributed by atoms with Gasteiger partial charge in [0.25, 0.3) is 0 Å². The van der Waals surface area contributed by atoms with E-state index < -0.39 is 22.8 Å². The van der Waals surface area contributed by atoms with Crippen molar-refractivity contribution in [3.8, 4) is 0 Å². The summed E-state index contributed by atoms with van der Waals surface area (Å²) in [6, 6.07) is 0. The first-order valence-corrected chi connectivity index (χ1v) is 13.4. The number of hydrogen-bond acceptors (Lipinski definition) is 4. The van der Waals surface area contributed by atoms with Gasteiger partial charge in [0, 0.05) is 0 Å². The molecule has 7 heteroatoms. The van der Waals surface area contributed by atoms with Crippen LogP contribution in [0, 0.1) is 21.7 Å². The smallest absolute Gasteiger partial charge is 0.393 e. The largest absolute Gasteiger partial charge is 0.416 e. The number of rotatable bonds is 4. The summed E-state index contributed by atoms with van der Waals surface area (Å²) in [5.74, 6) is 0. The minimum absolute atomic E-state index is 0.157. The van der Waals surface area contributed by atoms with Gasteiger partial charge in [0.2, 0.25) is 0 Å². The van der Waals surface area contributed by atoms with E-state index in [0.29, 0.717) is 0 Å². The van der Waals surface area contributed by atoms with E-state index in [9.17, 15) is 18.3 Å². The highest BCUT2D eigenvalue weighted by molar-refractivity contribution is 4.86. The van der Waals surface area contributed by atoms with Gasteiger partial charge in [0.15, 0.2) is 5.60 Å². The van der Waals surface area contributed by atoms with Crippen LogP contribution in [0.25, 0.3) is 0 Å². The van der Waals surface area contributed by atoms with E-state index in [1.54, 1.807) is 20.8 Å². The molecule has 0 aliphatic carbocycles. The lowest BCUT2D eigenvalue weighted by Crippen LogP contribution is -2.44. The fraction of sp³-hybridized carbons (Fsp3) is 1.00. The van der Waals surface area contributed by atoms with Crippen LogP contribution in [0.1, 0.15) is 143 Å². The van der Waals surface area contributed by atoms with Crippen molar-refractivity contribution in [3.63, 3.8) is 0 Å². The molecule has 0 aromatic carbocycles. The summed E-state index contributed by atoms with van der Waals surface area (Å²) >= 11 is 0. The molecule has 0 spiro atoms. The first kappa shape index (κ1) is 43.7. The first-order chi connectivity index (χ1) is 15.5. The predicted octanol–water partition coefficient (Wildman–Crippen LogP) is 8.54. The van der Waals surface area contributed by atoms with Crippen LogP contribution in [-0.2, 0) is 0 Å². The van der Waals surface area contributed by atoms with Crippen molar-refractivity contribution in [2.75, 3.05) is 0 Å². The zero-order valence-electron chi connectivity index (χ0n) is 27.4. The zero-order valence-corrected chi connectivity index (χ0v) is 27.4. The summed E-state index contributed by atoms with van der Waals surface area (Å²) in [7, 11) is 0. The third kappa shape index (κ3) is 43.0. The van der Waals surface area contributed by atoms with Crippen LogP contribution >= 0.6 is 0 Å². The molecule has 0 heterocycles. The summed E-state index contributed by atoms with van der Waals surface area (Å²) in [5.41, 5.74) is -2.84. The Labute approximate surface area is 228 Å². The Balaban J connectivity index is -0.000000199. The Morgan fingerprint density at radius 1 is 0.486 bits per heavy atom. The third-order valence-electron chi connectivity index (χ3n) is 4.26. The molecular weight excluding hydrogens is 481 g/mol. The molecule has 3 atom stereocenters. The Bertz CT molecular complexity index is 529. The minimum Gasteiger partial charge on any atom is -0.393 e. The molecule has 0 aromatic rings. The molecule has 0 aliphatic heterocycles. The summed E-state index contributed by atoms with van der Waals surface area (Å²) in [6.45, 7) is 32.3. The van der Waals surface area contributed by atoms with Gasteiger partial charge in [-0.15, -0.1) is 0 Å². The molecule has 0 radical (unpaired) electrons. The number of aliphatic hydroxyl groups excluding tert-OH is 2. The van der Waals surface area contributed by atoms with Gasteiger partial charge in [-0.1, -0.05) is 83.1 Å². The molecule has 4 nitrogen and oxygen atoms in total. The van der Waals surface area contributed by atoms with E-state index >= 15 is 0 Å². The maximum atomic E-state index is 12.1. The molecule has 0 fully saturated rings. The quantitative estimate of drug-likeness (QED) is 0.285. The second-order valence-corrected chi connectivity index (χ2v) is 16.3. The first-order valence-electron chi connectivity index (χ1n) is 13.4. The van der Waals surface area contributed by atoms with Crippen molar-refractivity contribution in [2.24, 2.45) is 21.7 Å². The molecule has 1 unspecified atom stereocenters. The van der Waals surface area contributed by atoms with Crippen molar-refractivity contribution in [3.05, 3.63) is 0 Å². The van der Waals surface area contributed by atoms with Crippen molar-refractivity contribution < 1.29 is 33.6 Å². The van der Waals surface area contributed by atoms with Gasteiger partial charge >= 0.3 is 6.18 Å². The van der Waals surface area contributed by atoms with E-state index in [1.165, 1.54) is 0 Å². The summed E-state index contributed by atoms with van der Waals surface area (Å²) < 4.78 is 36.3. The van der Waals surface area contributed by atoms with Crippen LogP contribution in [0.5, 0.6) is 0 Å². The zero-order chi connectivity index (χ0) is 31.5. The van der Waals surface area contributed by atoms with Crippen molar-refractivity contribution >= 4 is 0 Å². The van der Waals surface area contributed by atoms with Gasteiger partial charge < -0.3 is 20.4 Å². The summed E-state index contributed by atoms with van der Waals surface area (Å²) in [4.78, 5) is 0. The molecule has 0 saturated carbocycles. The van der Waals surface area contributed by atoms with Crippen LogP contribution in [0.4, 0.5) is 13.2 Å². The van der Waals surface area contributed by atoms with E-state index in [2.05, 4.69) is 62.3 Å². The maximum Gasteiger partial charge on any atom is 0.416 e. The molecule has 0 saturated heterocycles. The monoisotopic (exact) mass is 546 g/mol. The normalized spacial score (nSPS) is 16.5. The van der Waals surface area contributed by atoms with Crippen LogP contribution in [0.3, 0.4) is 0 Å². The topological polar surface area (TPSA) is 80.9 Å². The van der Waals surface area contributed by atoms with Gasteiger partial charge in [-0.3, -0.25) is 0 Å². The van der Waals surface area contributed by atoms with E-state index in [1.807, 2.05) is 27.7 Å². The standard InChI is InChI=1S/C8H15F3O.C8H18O.2C7H16O/c1-6(2,3)5-7(4,12)8(9,10)11;1-7(2,3)6-8(4,5)9;2*1-6(8)5-7(2,3)4/h12H,5H2,1-4H3;9H,6H2,1-5H3;2*6,8H,5H2,1-4H3/t;;2*6-/m..10/s1. The predicted molar refractivity (Wildman–Crippen MR) is 153 cm³/mol. The van der Waals surface area contributed by atoms with Crippen LogP contribution in [0.2, 0.25) is 0 Å². The second-order valence-electron chi connectivity index (χ2n) is 16.3. The van der Waals surface area contributed by atoms with E-state index in [0.717, 1.165) is 26.2 Å². The molecule has 230 valence electrons. The van der Waals surface area contributed by atoms with Crippen molar-refractivity contribution in [2.45, 2.75) is 173 Å². The highest BCUT2D eigenvalue weighted by Gasteiger charge is 2.51. The fourth-order valence-corrected chi connectivity index (χ4v) is 4.20. The van der Waals surface area contributed by atoms with Gasteiger partial charge in [-0.25, -0.2) is 0 Å². The van der Waals surface area contributed by atoms with Gasteiger partial charge in [0.1, 0.15) is 0 Å². The molecule has 0 bridgehead atoms. The van der Waals surface area contributed by atoms with E-state index in [-0.39, 0.29) is 34.9 Å². The van der Waals surface area contributed by atoms with E-state index in [4.69, 9.17) is 15.3 Å². The molecular formula is C30H65F3O4. The number of hydrogen-bond donors (Lipinski definition) is 4. The van der Waals surface area contributed by atoms with Crippen LogP contribution < -0.4 is 0 Å².